The van der Waals surface area contributed by atoms with Crippen LogP contribution in [-0.4, -0.2) is 20.2 Å². The highest BCUT2D eigenvalue weighted by molar-refractivity contribution is 9.10. The Morgan fingerprint density at radius 3 is 2.40 bits per heavy atom. The van der Waals surface area contributed by atoms with Crippen molar-refractivity contribution in [2.24, 2.45) is 0 Å². The number of aryl methyl sites for hydroxylation is 1. The van der Waals surface area contributed by atoms with Crippen LogP contribution in [0.15, 0.2) is 10.5 Å². The zero-order valence-electron chi connectivity index (χ0n) is 9.18. The fourth-order valence-electron chi connectivity index (χ4n) is 1.41. The van der Waals surface area contributed by atoms with Crippen molar-refractivity contribution >= 4 is 21.9 Å². The molecule has 0 spiro atoms. The Morgan fingerprint density at radius 2 is 1.93 bits per heavy atom. The fourth-order valence-corrected chi connectivity index (χ4v) is 1.98. The molecule has 1 aromatic rings. The van der Waals surface area contributed by atoms with Crippen LogP contribution in [0.5, 0.6) is 5.75 Å². The number of halogens is 1. The molecule has 15 heavy (non-hydrogen) atoms. The number of methoxy groups -OCH3 is 2. The van der Waals surface area contributed by atoms with Crippen LogP contribution in [0.4, 0.5) is 0 Å². The summed E-state index contributed by atoms with van der Waals surface area (Å²) in [6, 6.07) is 1.88. The predicted octanol–water partition coefficient (Wildman–Crippen LogP) is 2.86. The van der Waals surface area contributed by atoms with Crippen molar-refractivity contribution < 1.29 is 14.3 Å². The lowest BCUT2D eigenvalue weighted by Crippen LogP contribution is -2.07. The molecule has 1 rings (SSSR count). The lowest BCUT2D eigenvalue weighted by Gasteiger charge is -2.13. The van der Waals surface area contributed by atoms with Crippen LogP contribution in [0.1, 0.15) is 21.5 Å². The maximum Gasteiger partial charge on any atom is 0.339 e. The lowest BCUT2D eigenvalue weighted by molar-refractivity contribution is 0.0598. The predicted molar refractivity (Wildman–Crippen MR) is 61.5 cm³/mol. The van der Waals surface area contributed by atoms with Gasteiger partial charge in [-0.3, -0.25) is 0 Å². The molecule has 0 bridgehead atoms. The number of hydrogen-bond donors (Lipinski definition) is 0. The second-order valence-electron chi connectivity index (χ2n) is 3.20. The third kappa shape index (κ3) is 2.15. The summed E-state index contributed by atoms with van der Waals surface area (Å²) in [6.07, 6.45) is 0. The summed E-state index contributed by atoms with van der Waals surface area (Å²) in [5.41, 5.74) is 2.24. The molecule has 0 fully saturated rings. The third-order valence-electron chi connectivity index (χ3n) is 2.27. The van der Waals surface area contributed by atoms with E-state index in [1.165, 1.54) is 7.11 Å². The Bertz CT molecular complexity index is 399. The summed E-state index contributed by atoms with van der Waals surface area (Å²) in [5.74, 6) is 0.331. The van der Waals surface area contributed by atoms with E-state index in [4.69, 9.17) is 9.47 Å². The van der Waals surface area contributed by atoms with Crippen LogP contribution < -0.4 is 4.74 Å². The average Bonchev–Trinajstić information content (AvgIpc) is 2.23. The maximum atomic E-state index is 11.6. The van der Waals surface area contributed by atoms with Gasteiger partial charge in [-0.1, -0.05) is 0 Å². The van der Waals surface area contributed by atoms with Crippen LogP contribution in [0.3, 0.4) is 0 Å². The molecular formula is C11H13BrO3. The van der Waals surface area contributed by atoms with E-state index in [-0.39, 0.29) is 5.97 Å². The summed E-state index contributed by atoms with van der Waals surface area (Å²) >= 11 is 3.38. The van der Waals surface area contributed by atoms with Crippen molar-refractivity contribution in [2.75, 3.05) is 14.2 Å². The van der Waals surface area contributed by atoms with Gasteiger partial charge in [0.05, 0.1) is 19.8 Å². The highest BCUT2D eigenvalue weighted by Crippen LogP contribution is 2.32. The fraction of sp³-hybridized carbons (Fsp3) is 0.364. The van der Waals surface area contributed by atoms with Gasteiger partial charge in [0, 0.05) is 10.0 Å². The second-order valence-corrected chi connectivity index (χ2v) is 3.99. The van der Waals surface area contributed by atoms with Crippen molar-refractivity contribution in [3.05, 3.63) is 27.2 Å². The Labute approximate surface area is 97.5 Å². The molecule has 0 heterocycles. The second kappa shape index (κ2) is 4.66. The molecule has 0 saturated heterocycles. The van der Waals surface area contributed by atoms with E-state index < -0.39 is 0 Å². The molecule has 4 heteroatoms. The van der Waals surface area contributed by atoms with E-state index in [2.05, 4.69) is 15.9 Å². The number of carbonyl (C=O) groups excluding carboxylic acids is 1. The zero-order valence-corrected chi connectivity index (χ0v) is 10.8. The van der Waals surface area contributed by atoms with E-state index >= 15 is 0 Å². The van der Waals surface area contributed by atoms with E-state index in [9.17, 15) is 4.79 Å². The summed E-state index contributed by atoms with van der Waals surface area (Å²) in [4.78, 5) is 11.6. The van der Waals surface area contributed by atoms with Gasteiger partial charge in [-0.05, 0) is 41.4 Å². The highest BCUT2D eigenvalue weighted by atomic mass is 79.9. The Hall–Kier alpha value is -1.03. The SMILES string of the molecule is COC(=O)c1c(C)c(OC)cc(C)c1Br. The van der Waals surface area contributed by atoms with E-state index in [1.54, 1.807) is 7.11 Å². The summed E-state index contributed by atoms with van der Waals surface area (Å²) in [5, 5.41) is 0. The number of esters is 1. The molecule has 0 amide bonds. The van der Waals surface area contributed by atoms with E-state index in [0.29, 0.717) is 11.3 Å². The molecule has 0 aliphatic rings. The van der Waals surface area contributed by atoms with Gasteiger partial charge >= 0.3 is 5.97 Å². The van der Waals surface area contributed by atoms with Crippen LogP contribution in [0.25, 0.3) is 0 Å². The standard InChI is InChI=1S/C11H13BrO3/c1-6-5-8(14-3)7(2)9(10(6)12)11(13)15-4/h5H,1-4H3. The van der Waals surface area contributed by atoms with Crippen molar-refractivity contribution in [2.45, 2.75) is 13.8 Å². The summed E-state index contributed by atoms with van der Waals surface area (Å²) in [6.45, 7) is 3.73. The van der Waals surface area contributed by atoms with Crippen molar-refractivity contribution in [3.63, 3.8) is 0 Å². The molecule has 0 aliphatic heterocycles. The topological polar surface area (TPSA) is 35.5 Å². The third-order valence-corrected chi connectivity index (χ3v) is 3.29. The molecule has 0 atom stereocenters. The maximum absolute atomic E-state index is 11.6. The van der Waals surface area contributed by atoms with Crippen LogP contribution >= 0.6 is 15.9 Å². The minimum Gasteiger partial charge on any atom is -0.496 e. The van der Waals surface area contributed by atoms with Crippen molar-refractivity contribution in [1.29, 1.82) is 0 Å². The first-order valence-corrected chi connectivity index (χ1v) is 5.24. The normalized spacial score (nSPS) is 9.93. The van der Waals surface area contributed by atoms with Gasteiger partial charge in [-0.25, -0.2) is 4.79 Å². The van der Waals surface area contributed by atoms with Gasteiger partial charge in [0.1, 0.15) is 5.75 Å². The first-order chi connectivity index (χ1) is 7.02. The minimum atomic E-state index is -0.360. The quantitative estimate of drug-likeness (QED) is 0.777. The van der Waals surface area contributed by atoms with Gasteiger partial charge in [0.25, 0.3) is 0 Å². The van der Waals surface area contributed by atoms with Gasteiger partial charge in [-0.15, -0.1) is 0 Å². The Kier molecular flexibility index (Phi) is 3.74. The van der Waals surface area contributed by atoms with E-state index in [0.717, 1.165) is 15.6 Å². The molecule has 0 unspecified atom stereocenters. The number of benzene rings is 1. The first kappa shape index (κ1) is 12.0. The van der Waals surface area contributed by atoms with Crippen LogP contribution in [-0.2, 0) is 4.74 Å². The smallest absolute Gasteiger partial charge is 0.339 e. The molecule has 3 nitrogen and oxygen atoms in total. The summed E-state index contributed by atoms with van der Waals surface area (Å²) < 4.78 is 10.7. The minimum absolute atomic E-state index is 0.360. The van der Waals surface area contributed by atoms with Gasteiger partial charge < -0.3 is 9.47 Å². The Balaban J connectivity index is 3.47. The molecule has 0 N–H and O–H groups in total. The van der Waals surface area contributed by atoms with Crippen LogP contribution in [0.2, 0.25) is 0 Å². The van der Waals surface area contributed by atoms with Crippen molar-refractivity contribution in [3.8, 4) is 5.75 Å². The Morgan fingerprint density at radius 1 is 1.33 bits per heavy atom. The number of carbonyl (C=O) groups is 1. The molecule has 0 aromatic heterocycles. The molecule has 0 saturated carbocycles. The van der Waals surface area contributed by atoms with E-state index in [1.807, 2.05) is 19.9 Å². The van der Waals surface area contributed by atoms with Crippen molar-refractivity contribution in [1.82, 2.24) is 0 Å². The number of hydrogen-bond acceptors (Lipinski definition) is 3. The summed E-state index contributed by atoms with van der Waals surface area (Å²) in [7, 11) is 2.94. The highest BCUT2D eigenvalue weighted by Gasteiger charge is 2.18. The zero-order chi connectivity index (χ0) is 11.6. The molecule has 1 aromatic carbocycles. The van der Waals surface area contributed by atoms with Gasteiger partial charge in [0.15, 0.2) is 0 Å². The lowest BCUT2D eigenvalue weighted by atomic mass is 10.0. The monoisotopic (exact) mass is 272 g/mol. The number of rotatable bonds is 2. The molecule has 0 radical (unpaired) electrons. The molecular weight excluding hydrogens is 260 g/mol. The first-order valence-electron chi connectivity index (χ1n) is 4.45. The number of ether oxygens (including phenoxy) is 2. The van der Waals surface area contributed by atoms with Crippen LogP contribution in [0, 0.1) is 13.8 Å². The molecule has 82 valence electrons. The van der Waals surface area contributed by atoms with Gasteiger partial charge in [-0.2, -0.15) is 0 Å². The largest absolute Gasteiger partial charge is 0.496 e. The van der Waals surface area contributed by atoms with Gasteiger partial charge in [0.2, 0.25) is 0 Å². The molecule has 0 aliphatic carbocycles. The average molecular weight is 273 g/mol.